The number of hydrogen-bond acceptors (Lipinski definition) is 2. The molecule has 0 saturated carbocycles. The predicted octanol–water partition coefficient (Wildman–Crippen LogP) is 3.02. The molecule has 1 atom stereocenters. The zero-order chi connectivity index (χ0) is 13.0. The fraction of sp³-hybridized carbons (Fsp3) is 0.533. The van der Waals surface area contributed by atoms with Crippen molar-refractivity contribution in [3.8, 4) is 0 Å². The van der Waals surface area contributed by atoms with E-state index in [1.165, 1.54) is 5.56 Å². The molecule has 2 rings (SSSR count). The largest absolute Gasteiger partial charge is 0.326 e. The van der Waals surface area contributed by atoms with E-state index in [1.807, 2.05) is 6.07 Å². The van der Waals surface area contributed by atoms with Gasteiger partial charge in [0.2, 0.25) is 5.91 Å². The second-order valence-electron chi connectivity index (χ2n) is 4.94. The number of hydrogen-bond donors (Lipinski definition) is 2. The van der Waals surface area contributed by atoms with Crippen LogP contribution in [0.5, 0.6) is 0 Å². The number of carbonyl (C=O) groups excluding carboxylic acids is 1. The number of benzene rings is 1. The minimum absolute atomic E-state index is 0.107. The fourth-order valence-corrected chi connectivity index (χ4v) is 2.46. The standard InChI is InChI=1S/C15H22N2O/c1-3-5-13(16-8-4-2)11-6-7-14-12(9-11)10-15(18)17-14/h6-7,9,13,16H,3-5,8,10H2,1-2H3,(H,17,18). The van der Waals surface area contributed by atoms with Crippen molar-refractivity contribution in [2.45, 2.75) is 45.6 Å². The molecule has 1 amide bonds. The van der Waals surface area contributed by atoms with Crippen molar-refractivity contribution >= 4 is 11.6 Å². The van der Waals surface area contributed by atoms with Crippen molar-refractivity contribution in [2.24, 2.45) is 0 Å². The van der Waals surface area contributed by atoms with E-state index >= 15 is 0 Å². The Morgan fingerprint density at radius 1 is 1.33 bits per heavy atom. The molecule has 0 aromatic heterocycles. The molecule has 1 heterocycles. The van der Waals surface area contributed by atoms with E-state index in [4.69, 9.17) is 0 Å². The summed E-state index contributed by atoms with van der Waals surface area (Å²) in [5, 5.41) is 6.46. The Hall–Kier alpha value is -1.35. The van der Waals surface area contributed by atoms with E-state index in [0.29, 0.717) is 12.5 Å². The highest BCUT2D eigenvalue weighted by Gasteiger charge is 2.19. The summed E-state index contributed by atoms with van der Waals surface area (Å²) >= 11 is 0. The number of fused-ring (bicyclic) bond motifs is 1. The van der Waals surface area contributed by atoms with Gasteiger partial charge in [0.25, 0.3) is 0 Å². The average molecular weight is 246 g/mol. The van der Waals surface area contributed by atoms with Crippen LogP contribution in [0.1, 0.15) is 50.3 Å². The van der Waals surface area contributed by atoms with Gasteiger partial charge in [-0.25, -0.2) is 0 Å². The van der Waals surface area contributed by atoms with Gasteiger partial charge in [0.1, 0.15) is 0 Å². The highest BCUT2D eigenvalue weighted by molar-refractivity contribution is 5.99. The Morgan fingerprint density at radius 3 is 2.89 bits per heavy atom. The SMILES string of the molecule is CCCNC(CCC)c1ccc2c(c1)CC(=O)N2. The second kappa shape index (κ2) is 6.01. The van der Waals surface area contributed by atoms with Crippen LogP contribution in [-0.2, 0) is 11.2 Å². The van der Waals surface area contributed by atoms with Gasteiger partial charge in [-0.05, 0) is 36.6 Å². The number of amides is 1. The molecule has 3 heteroatoms. The normalized spacial score (nSPS) is 15.3. The van der Waals surface area contributed by atoms with Crippen LogP contribution in [0, 0.1) is 0 Å². The molecule has 1 aliphatic rings. The van der Waals surface area contributed by atoms with Crippen LogP contribution in [0.15, 0.2) is 18.2 Å². The van der Waals surface area contributed by atoms with Gasteiger partial charge in [-0.3, -0.25) is 4.79 Å². The molecule has 0 fully saturated rings. The van der Waals surface area contributed by atoms with E-state index in [1.54, 1.807) is 0 Å². The zero-order valence-corrected chi connectivity index (χ0v) is 11.3. The van der Waals surface area contributed by atoms with Gasteiger partial charge < -0.3 is 10.6 Å². The average Bonchev–Trinajstić information content (AvgIpc) is 2.73. The summed E-state index contributed by atoms with van der Waals surface area (Å²) in [6.45, 7) is 5.43. The third kappa shape index (κ3) is 2.91. The van der Waals surface area contributed by atoms with Gasteiger partial charge in [0.05, 0.1) is 6.42 Å². The summed E-state index contributed by atoms with van der Waals surface area (Å²) in [4.78, 5) is 11.4. The molecule has 0 saturated heterocycles. The van der Waals surface area contributed by atoms with E-state index in [-0.39, 0.29) is 5.91 Å². The lowest BCUT2D eigenvalue weighted by Crippen LogP contribution is -2.22. The van der Waals surface area contributed by atoms with Gasteiger partial charge in [0, 0.05) is 11.7 Å². The van der Waals surface area contributed by atoms with Crippen LogP contribution in [0.4, 0.5) is 5.69 Å². The van der Waals surface area contributed by atoms with Crippen LogP contribution >= 0.6 is 0 Å². The summed E-state index contributed by atoms with van der Waals surface area (Å²) < 4.78 is 0. The Morgan fingerprint density at radius 2 is 2.17 bits per heavy atom. The first-order valence-corrected chi connectivity index (χ1v) is 6.90. The number of rotatable bonds is 6. The maximum Gasteiger partial charge on any atom is 0.228 e. The maximum atomic E-state index is 11.4. The van der Waals surface area contributed by atoms with Crippen LogP contribution in [0.3, 0.4) is 0 Å². The topological polar surface area (TPSA) is 41.1 Å². The first-order valence-electron chi connectivity index (χ1n) is 6.90. The lowest BCUT2D eigenvalue weighted by Gasteiger charge is -2.19. The first kappa shape index (κ1) is 13.1. The monoisotopic (exact) mass is 246 g/mol. The van der Waals surface area contributed by atoms with Crippen molar-refractivity contribution in [3.05, 3.63) is 29.3 Å². The van der Waals surface area contributed by atoms with E-state index in [2.05, 4.69) is 36.6 Å². The molecule has 18 heavy (non-hydrogen) atoms. The number of carbonyl (C=O) groups is 1. The molecule has 1 unspecified atom stereocenters. The Balaban J connectivity index is 2.15. The molecule has 2 N–H and O–H groups in total. The zero-order valence-electron chi connectivity index (χ0n) is 11.3. The number of nitrogens with one attached hydrogen (secondary N) is 2. The van der Waals surface area contributed by atoms with Gasteiger partial charge in [-0.15, -0.1) is 0 Å². The Kier molecular flexibility index (Phi) is 4.37. The lowest BCUT2D eigenvalue weighted by atomic mass is 9.99. The van der Waals surface area contributed by atoms with Gasteiger partial charge in [-0.1, -0.05) is 32.4 Å². The van der Waals surface area contributed by atoms with E-state index in [0.717, 1.165) is 37.1 Å². The molecule has 1 aromatic carbocycles. The summed E-state index contributed by atoms with van der Waals surface area (Å²) in [6, 6.07) is 6.76. The number of anilines is 1. The lowest BCUT2D eigenvalue weighted by molar-refractivity contribution is -0.115. The molecule has 1 aromatic rings. The van der Waals surface area contributed by atoms with Crippen molar-refractivity contribution in [1.82, 2.24) is 5.32 Å². The quantitative estimate of drug-likeness (QED) is 0.810. The molecule has 3 nitrogen and oxygen atoms in total. The summed E-state index contributed by atoms with van der Waals surface area (Å²) in [5.74, 6) is 0.107. The molecule has 0 radical (unpaired) electrons. The smallest absolute Gasteiger partial charge is 0.228 e. The van der Waals surface area contributed by atoms with Crippen LogP contribution in [-0.4, -0.2) is 12.5 Å². The molecule has 98 valence electrons. The summed E-state index contributed by atoms with van der Waals surface area (Å²) in [5.41, 5.74) is 3.42. The van der Waals surface area contributed by atoms with Gasteiger partial charge in [0.15, 0.2) is 0 Å². The second-order valence-corrected chi connectivity index (χ2v) is 4.94. The molecule has 1 aliphatic heterocycles. The van der Waals surface area contributed by atoms with Crippen LogP contribution in [0.2, 0.25) is 0 Å². The minimum atomic E-state index is 0.107. The third-order valence-corrected chi connectivity index (χ3v) is 3.37. The summed E-state index contributed by atoms with van der Waals surface area (Å²) in [7, 11) is 0. The van der Waals surface area contributed by atoms with Gasteiger partial charge in [-0.2, -0.15) is 0 Å². The molecule has 0 aliphatic carbocycles. The van der Waals surface area contributed by atoms with Crippen LogP contribution in [0.25, 0.3) is 0 Å². The van der Waals surface area contributed by atoms with E-state index < -0.39 is 0 Å². The van der Waals surface area contributed by atoms with Crippen molar-refractivity contribution < 1.29 is 4.79 Å². The Labute approximate surface area is 109 Å². The molecule has 0 spiro atoms. The molecular formula is C15H22N2O. The third-order valence-electron chi connectivity index (χ3n) is 3.37. The fourth-order valence-electron chi connectivity index (χ4n) is 2.46. The van der Waals surface area contributed by atoms with Crippen LogP contribution < -0.4 is 10.6 Å². The highest BCUT2D eigenvalue weighted by Crippen LogP contribution is 2.28. The van der Waals surface area contributed by atoms with E-state index in [9.17, 15) is 4.79 Å². The maximum absolute atomic E-state index is 11.4. The molecule has 0 bridgehead atoms. The predicted molar refractivity (Wildman–Crippen MR) is 74.7 cm³/mol. The minimum Gasteiger partial charge on any atom is -0.326 e. The van der Waals surface area contributed by atoms with Crippen molar-refractivity contribution in [2.75, 3.05) is 11.9 Å². The van der Waals surface area contributed by atoms with Crippen molar-refractivity contribution in [3.63, 3.8) is 0 Å². The first-order chi connectivity index (χ1) is 8.74. The summed E-state index contributed by atoms with van der Waals surface area (Å²) in [6.07, 6.45) is 3.97. The highest BCUT2D eigenvalue weighted by atomic mass is 16.1. The molecular weight excluding hydrogens is 224 g/mol. The Bertz CT molecular complexity index is 429. The van der Waals surface area contributed by atoms with Crippen molar-refractivity contribution in [1.29, 1.82) is 0 Å². The van der Waals surface area contributed by atoms with Gasteiger partial charge >= 0.3 is 0 Å².